The van der Waals surface area contributed by atoms with Gasteiger partial charge in [-0.05, 0) is 44.4 Å². The van der Waals surface area contributed by atoms with Gasteiger partial charge in [0.2, 0.25) is 0 Å². The van der Waals surface area contributed by atoms with Crippen molar-refractivity contribution < 1.29 is 4.79 Å². The maximum absolute atomic E-state index is 13.3. The molecule has 0 radical (unpaired) electrons. The number of nitrogens with zero attached hydrogens (tertiary/aromatic N) is 4. The molecule has 1 unspecified atom stereocenters. The predicted octanol–water partition coefficient (Wildman–Crippen LogP) is 3.91. The van der Waals surface area contributed by atoms with Gasteiger partial charge in [0, 0.05) is 17.9 Å². The van der Waals surface area contributed by atoms with Gasteiger partial charge >= 0.3 is 0 Å². The Morgan fingerprint density at radius 2 is 2.12 bits per heavy atom. The van der Waals surface area contributed by atoms with Gasteiger partial charge in [0.1, 0.15) is 0 Å². The minimum Gasteiger partial charge on any atom is -0.308 e. The number of aryl methyl sites for hydroxylation is 1. The standard InChI is InChI=1S/C20H22N4O/c1-4-14(3)24-19-17(12-21-24)16(11-13(2)22-19)20(25)23-10-9-15-7-5-6-8-18(15)23/h5-8,11-12,14H,4,9-10H2,1-3H3. The third kappa shape index (κ3) is 2.51. The van der Waals surface area contributed by atoms with E-state index in [2.05, 4.69) is 30.0 Å². The number of para-hydroxylation sites is 1. The number of carbonyl (C=O) groups excluding carboxylic acids is 1. The largest absolute Gasteiger partial charge is 0.308 e. The fourth-order valence-electron chi connectivity index (χ4n) is 3.51. The normalized spacial score (nSPS) is 14.8. The molecule has 1 amide bonds. The molecule has 0 saturated carbocycles. The van der Waals surface area contributed by atoms with Gasteiger partial charge in [-0.1, -0.05) is 25.1 Å². The molecule has 4 rings (SSSR count). The highest BCUT2D eigenvalue weighted by atomic mass is 16.2. The van der Waals surface area contributed by atoms with Crippen LogP contribution in [0.3, 0.4) is 0 Å². The molecule has 0 aliphatic carbocycles. The Kier molecular flexibility index (Phi) is 3.79. The molecule has 1 aliphatic rings. The molecule has 2 aromatic heterocycles. The summed E-state index contributed by atoms with van der Waals surface area (Å²) >= 11 is 0. The van der Waals surface area contributed by atoms with E-state index in [9.17, 15) is 4.79 Å². The summed E-state index contributed by atoms with van der Waals surface area (Å²) in [5.74, 6) is 0.0316. The molecule has 0 N–H and O–H groups in total. The van der Waals surface area contributed by atoms with Gasteiger partial charge in [0.25, 0.3) is 5.91 Å². The number of rotatable bonds is 3. The molecule has 3 heterocycles. The maximum atomic E-state index is 13.3. The highest BCUT2D eigenvalue weighted by molar-refractivity contribution is 6.14. The smallest absolute Gasteiger partial charge is 0.259 e. The van der Waals surface area contributed by atoms with E-state index in [1.54, 1.807) is 6.20 Å². The van der Waals surface area contributed by atoms with Gasteiger partial charge in [0.15, 0.2) is 5.65 Å². The zero-order valence-corrected chi connectivity index (χ0v) is 14.9. The molecule has 0 spiro atoms. The number of fused-ring (bicyclic) bond motifs is 2. The van der Waals surface area contributed by atoms with Crippen LogP contribution in [0, 0.1) is 6.92 Å². The highest BCUT2D eigenvalue weighted by Gasteiger charge is 2.27. The Hall–Kier alpha value is -2.69. The first-order valence-electron chi connectivity index (χ1n) is 8.84. The van der Waals surface area contributed by atoms with Crippen LogP contribution in [0.25, 0.3) is 11.0 Å². The van der Waals surface area contributed by atoms with Crippen LogP contribution >= 0.6 is 0 Å². The molecule has 1 aromatic carbocycles. The van der Waals surface area contributed by atoms with E-state index in [0.717, 1.165) is 41.8 Å². The van der Waals surface area contributed by atoms with Crippen LogP contribution in [0.4, 0.5) is 5.69 Å². The van der Waals surface area contributed by atoms with Crippen molar-refractivity contribution in [2.24, 2.45) is 0 Å². The Labute approximate surface area is 147 Å². The topological polar surface area (TPSA) is 51.0 Å². The van der Waals surface area contributed by atoms with Crippen molar-refractivity contribution in [3.8, 4) is 0 Å². The van der Waals surface area contributed by atoms with Crippen LogP contribution in [0.5, 0.6) is 0 Å². The molecule has 25 heavy (non-hydrogen) atoms. The monoisotopic (exact) mass is 334 g/mol. The van der Waals surface area contributed by atoms with Gasteiger partial charge in [-0.25, -0.2) is 9.67 Å². The van der Waals surface area contributed by atoms with Crippen molar-refractivity contribution >= 4 is 22.6 Å². The number of carbonyl (C=O) groups is 1. The molecule has 0 saturated heterocycles. The molecule has 5 nitrogen and oxygen atoms in total. The molecule has 1 atom stereocenters. The number of aromatic nitrogens is 3. The van der Waals surface area contributed by atoms with E-state index in [-0.39, 0.29) is 11.9 Å². The van der Waals surface area contributed by atoms with Crippen LogP contribution in [0.1, 0.15) is 47.9 Å². The fraction of sp³-hybridized carbons (Fsp3) is 0.350. The molecule has 5 heteroatoms. The number of amides is 1. The Morgan fingerprint density at radius 1 is 1.32 bits per heavy atom. The summed E-state index contributed by atoms with van der Waals surface area (Å²) in [7, 11) is 0. The van der Waals surface area contributed by atoms with Crippen molar-refractivity contribution in [1.82, 2.24) is 14.8 Å². The number of hydrogen-bond donors (Lipinski definition) is 0. The molecule has 1 aliphatic heterocycles. The second kappa shape index (κ2) is 5.99. The van der Waals surface area contributed by atoms with Crippen LogP contribution in [0.15, 0.2) is 36.5 Å². The van der Waals surface area contributed by atoms with Crippen LogP contribution in [0.2, 0.25) is 0 Å². The average molecular weight is 334 g/mol. The summed E-state index contributed by atoms with van der Waals surface area (Å²) < 4.78 is 1.93. The zero-order valence-electron chi connectivity index (χ0n) is 14.9. The van der Waals surface area contributed by atoms with E-state index in [1.165, 1.54) is 5.56 Å². The summed E-state index contributed by atoms with van der Waals surface area (Å²) in [4.78, 5) is 19.8. The van der Waals surface area contributed by atoms with Crippen LogP contribution < -0.4 is 4.90 Å². The van der Waals surface area contributed by atoms with Gasteiger partial charge in [-0.2, -0.15) is 5.10 Å². The van der Waals surface area contributed by atoms with Gasteiger partial charge in [0.05, 0.1) is 23.2 Å². The third-order valence-corrected chi connectivity index (χ3v) is 5.07. The number of hydrogen-bond acceptors (Lipinski definition) is 3. The highest BCUT2D eigenvalue weighted by Crippen LogP contribution is 2.31. The first-order valence-corrected chi connectivity index (χ1v) is 8.84. The van der Waals surface area contributed by atoms with E-state index in [4.69, 9.17) is 0 Å². The summed E-state index contributed by atoms with van der Waals surface area (Å²) in [5, 5.41) is 5.34. The lowest BCUT2D eigenvalue weighted by Gasteiger charge is -2.18. The van der Waals surface area contributed by atoms with Crippen molar-refractivity contribution in [2.45, 2.75) is 39.7 Å². The lowest BCUT2D eigenvalue weighted by atomic mass is 10.1. The molecule has 0 fully saturated rings. The summed E-state index contributed by atoms with van der Waals surface area (Å²) in [6.07, 6.45) is 3.65. The Morgan fingerprint density at radius 3 is 2.92 bits per heavy atom. The van der Waals surface area contributed by atoms with Gasteiger partial charge in [-0.3, -0.25) is 4.79 Å². The minimum absolute atomic E-state index is 0.0316. The summed E-state index contributed by atoms with van der Waals surface area (Å²) in [6, 6.07) is 10.3. The third-order valence-electron chi connectivity index (χ3n) is 5.07. The predicted molar refractivity (Wildman–Crippen MR) is 99.1 cm³/mol. The van der Waals surface area contributed by atoms with Crippen molar-refractivity contribution in [3.63, 3.8) is 0 Å². The summed E-state index contributed by atoms with van der Waals surface area (Å²) in [5.41, 5.74) is 4.57. The zero-order chi connectivity index (χ0) is 17.6. The average Bonchev–Trinajstić information content (AvgIpc) is 3.23. The van der Waals surface area contributed by atoms with E-state index >= 15 is 0 Å². The van der Waals surface area contributed by atoms with Crippen molar-refractivity contribution in [3.05, 3.63) is 53.3 Å². The maximum Gasteiger partial charge on any atom is 0.259 e. The first kappa shape index (κ1) is 15.8. The number of benzene rings is 1. The van der Waals surface area contributed by atoms with Crippen LogP contribution in [-0.2, 0) is 6.42 Å². The van der Waals surface area contributed by atoms with Crippen LogP contribution in [-0.4, -0.2) is 27.2 Å². The Balaban J connectivity index is 1.82. The molecular formula is C20H22N4O. The van der Waals surface area contributed by atoms with E-state index < -0.39 is 0 Å². The fourth-order valence-corrected chi connectivity index (χ4v) is 3.51. The van der Waals surface area contributed by atoms with Crippen molar-refractivity contribution in [2.75, 3.05) is 11.4 Å². The van der Waals surface area contributed by atoms with Gasteiger partial charge in [-0.15, -0.1) is 0 Å². The molecular weight excluding hydrogens is 312 g/mol. The first-order chi connectivity index (χ1) is 12.1. The number of anilines is 1. The SMILES string of the molecule is CCC(C)n1ncc2c(C(=O)N3CCc4ccccc43)cc(C)nc21. The summed E-state index contributed by atoms with van der Waals surface area (Å²) in [6.45, 7) is 6.90. The molecule has 3 aromatic rings. The Bertz CT molecular complexity index is 959. The lowest BCUT2D eigenvalue weighted by molar-refractivity contribution is 0.0991. The second-order valence-corrected chi connectivity index (χ2v) is 6.73. The van der Waals surface area contributed by atoms with E-state index in [1.807, 2.05) is 40.8 Å². The van der Waals surface area contributed by atoms with E-state index in [0.29, 0.717) is 5.56 Å². The lowest BCUT2D eigenvalue weighted by Crippen LogP contribution is -2.29. The minimum atomic E-state index is 0.0316. The quantitative estimate of drug-likeness (QED) is 0.729. The molecule has 0 bridgehead atoms. The van der Waals surface area contributed by atoms with Crippen molar-refractivity contribution in [1.29, 1.82) is 0 Å². The number of pyridine rings is 1. The molecule has 128 valence electrons. The second-order valence-electron chi connectivity index (χ2n) is 6.73. The van der Waals surface area contributed by atoms with Gasteiger partial charge < -0.3 is 4.90 Å².